The van der Waals surface area contributed by atoms with Crippen molar-refractivity contribution in [3.05, 3.63) is 82.7 Å². The van der Waals surface area contributed by atoms with Crippen molar-refractivity contribution >= 4 is 28.3 Å². The van der Waals surface area contributed by atoms with E-state index in [4.69, 9.17) is 9.72 Å². The Kier molecular flexibility index (Phi) is 4.85. The number of anilines is 1. The van der Waals surface area contributed by atoms with Crippen LogP contribution >= 0.6 is 0 Å². The van der Waals surface area contributed by atoms with Crippen molar-refractivity contribution in [2.45, 2.75) is 38.5 Å². The SMILES string of the molecule is CN1C(=CC(=O)COC(=O)c2c3c(nc4ccccc24)CCC3)C(C)(C)c2ccccc21. The fourth-order valence-corrected chi connectivity index (χ4v) is 5.11. The van der Waals surface area contributed by atoms with Crippen molar-refractivity contribution in [2.24, 2.45) is 0 Å². The number of carbonyl (C=O) groups is 2. The van der Waals surface area contributed by atoms with Gasteiger partial charge in [-0.25, -0.2) is 4.79 Å². The number of likely N-dealkylation sites (N-methyl/N-ethyl adjacent to an activating group) is 1. The standard InChI is InChI=1S/C27H26N2O3/c1-27(2)20-11-5-7-14-23(20)29(3)24(27)15-17(30)16-32-26(31)25-18-9-4-6-12-21(18)28-22-13-8-10-19(22)25/h4-7,9,11-12,14-15H,8,10,13,16H2,1-3H3. The van der Waals surface area contributed by atoms with Gasteiger partial charge in [0, 0.05) is 41.0 Å². The van der Waals surface area contributed by atoms with E-state index >= 15 is 0 Å². The number of aromatic nitrogens is 1. The Morgan fingerprint density at radius 2 is 1.84 bits per heavy atom. The van der Waals surface area contributed by atoms with Gasteiger partial charge < -0.3 is 9.64 Å². The van der Waals surface area contributed by atoms with E-state index < -0.39 is 5.97 Å². The molecule has 0 spiro atoms. The molecule has 3 aromatic rings. The third-order valence-electron chi connectivity index (χ3n) is 6.71. The van der Waals surface area contributed by atoms with Crippen molar-refractivity contribution in [1.82, 2.24) is 4.98 Å². The van der Waals surface area contributed by atoms with Crippen molar-refractivity contribution in [3.63, 3.8) is 0 Å². The smallest absolute Gasteiger partial charge is 0.339 e. The summed E-state index contributed by atoms with van der Waals surface area (Å²) >= 11 is 0. The van der Waals surface area contributed by atoms with E-state index in [-0.39, 0.29) is 17.8 Å². The van der Waals surface area contributed by atoms with Crippen LogP contribution < -0.4 is 4.90 Å². The van der Waals surface area contributed by atoms with Crippen molar-refractivity contribution in [2.75, 3.05) is 18.6 Å². The van der Waals surface area contributed by atoms with Gasteiger partial charge in [-0.3, -0.25) is 9.78 Å². The highest BCUT2D eigenvalue weighted by Gasteiger charge is 2.38. The molecule has 5 nitrogen and oxygen atoms in total. The Balaban J connectivity index is 1.39. The molecule has 0 fully saturated rings. The normalized spacial score (nSPS) is 17.5. The molecule has 0 N–H and O–H groups in total. The topological polar surface area (TPSA) is 59.5 Å². The van der Waals surface area contributed by atoms with E-state index in [1.165, 1.54) is 5.56 Å². The number of pyridine rings is 1. The van der Waals surface area contributed by atoms with E-state index in [1.807, 2.05) is 48.3 Å². The summed E-state index contributed by atoms with van der Waals surface area (Å²) in [7, 11) is 1.96. The van der Waals surface area contributed by atoms with Crippen molar-refractivity contribution in [3.8, 4) is 0 Å². The van der Waals surface area contributed by atoms with Crippen LogP contribution in [0.15, 0.2) is 60.3 Å². The Morgan fingerprint density at radius 1 is 1.09 bits per heavy atom. The van der Waals surface area contributed by atoms with Crippen LogP contribution in [-0.4, -0.2) is 30.4 Å². The third kappa shape index (κ3) is 3.20. The summed E-state index contributed by atoms with van der Waals surface area (Å²) in [4.78, 5) is 32.7. The van der Waals surface area contributed by atoms with E-state index in [2.05, 4.69) is 26.0 Å². The van der Waals surface area contributed by atoms with Gasteiger partial charge in [0.25, 0.3) is 0 Å². The fourth-order valence-electron chi connectivity index (χ4n) is 5.11. The Labute approximate surface area is 187 Å². The number of fused-ring (bicyclic) bond motifs is 3. The summed E-state index contributed by atoms with van der Waals surface area (Å²) in [6.45, 7) is 3.92. The quantitative estimate of drug-likeness (QED) is 0.445. The molecule has 0 atom stereocenters. The summed E-state index contributed by atoms with van der Waals surface area (Å²) in [5.74, 6) is -0.674. The maximum Gasteiger partial charge on any atom is 0.339 e. The van der Waals surface area contributed by atoms with Gasteiger partial charge in [-0.05, 0) is 42.5 Å². The predicted molar refractivity (Wildman–Crippen MR) is 125 cm³/mol. The number of hydrogen-bond acceptors (Lipinski definition) is 5. The van der Waals surface area contributed by atoms with Crippen LogP contribution in [0.5, 0.6) is 0 Å². The second-order valence-electron chi connectivity index (χ2n) is 9.06. The Bertz CT molecular complexity index is 1290. The van der Waals surface area contributed by atoms with Gasteiger partial charge in [-0.15, -0.1) is 0 Å². The molecular formula is C27H26N2O3. The van der Waals surface area contributed by atoms with Crippen LogP contribution in [-0.2, 0) is 27.8 Å². The fraction of sp³-hybridized carbons (Fsp3) is 0.296. The molecule has 0 bridgehead atoms. The van der Waals surface area contributed by atoms with Gasteiger partial charge in [0.05, 0.1) is 11.1 Å². The first-order chi connectivity index (χ1) is 15.4. The molecule has 0 radical (unpaired) electrons. The monoisotopic (exact) mass is 426 g/mol. The average Bonchev–Trinajstić information content (AvgIpc) is 3.33. The van der Waals surface area contributed by atoms with Crippen LogP contribution in [0.3, 0.4) is 0 Å². The number of rotatable bonds is 4. The minimum Gasteiger partial charge on any atom is -0.454 e. The second kappa shape index (κ2) is 7.59. The van der Waals surface area contributed by atoms with E-state index in [0.717, 1.165) is 52.8 Å². The van der Waals surface area contributed by atoms with Gasteiger partial charge in [-0.1, -0.05) is 50.2 Å². The number of allylic oxidation sites excluding steroid dienone is 1. The van der Waals surface area contributed by atoms with Crippen LogP contribution in [0, 0.1) is 0 Å². The molecule has 1 aliphatic heterocycles. The summed E-state index contributed by atoms with van der Waals surface area (Å²) in [6.07, 6.45) is 4.27. The first kappa shape index (κ1) is 20.4. The number of esters is 1. The minimum absolute atomic E-state index is 0.226. The molecule has 0 amide bonds. The lowest BCUT2D eigenvalue weighted by Crippen LogP contribution is -2.25. The van der Waals surface area contributed by atoms with Gasteiger partial charge in [-0.2, -0.15) is 0 Å². The van der Waals surface area contributed by atoms with Crippen LogP contribution in [0.25, 0.3) is 10.9 Å². The summed E-state index contributed by atoms with van der Waals surface area (Å²) in [5.41, 5.74) is 6.16. The number of aryl methyl sites for hydroxylation is 1. The average molecular weight is 427 g/mol. The molecule has 1 aromatic heterocycles. The number of ketones is 1. The molecule has 5 rings (SSSR count). The molecular weight excluding hydrogens is 400 g/mol. The lowest BCUT2D eigenvalue weighted by Gasteiger charge is -2.23. The molecule has 162 valence electrons. The zero-order valence-corrected chi connectivity index (χ0v) is 18.6. The molecule has 0 saturated carbocycles. The number of nitrogens with zero attached hydrogens (tertiary/aromatic N) is 2. The molecule has 2 heterocycles. The van der Waals surface area contributed by atoms with Crippen LogP contribution in [0.4, 0.5) is 5.69 Å². The minimum atomic E-state index is -0.448. The number of para-hydroxylation sites is 2. The summed E-state index contributed by atoms with van der Waals surface area (Å²) in [5, 5.41) is 0.788. The maximum atomic E-state index is 13.1. The lowest BCUT2D eigenvalue weighted by molar-refractivity contribution is -0.117. The van der Waals surface area contributed by atoms with Gasteiger partial charge in [0.2, 0.25) is 0 Å². The number of hydrogen-bond donors (Lipinski definition) is 0. The zero-order chi connectivity index (χ0) is 22.5. The highest BCUT2D eigenvalue weighted by atomic mass is 16.5. The van der Waals surface area contributed by atoms with E-state index in [9.17, 15) is 9.59 Å². The third-order valence-corrected chi connectivity index (χ3v) is 6.71. The molecule has 0 saturated heterocycles. The first-order valence-corrected chi connectivity index (χ1v) is 11.0. The molecule has 32 heavy (non-hydrogen) atoms. The first-order valence-electron chi connectivity index (χ1n) is 11.0. The second-order valence-corrected chi connectivity index (χ2v) is 9.06. The molecule has 1 aliphatic carbocycles. The number of carbonyl (C=O) groups excluding carboxylic acids is 2. The predicted octanol–water partition coefficient (Wildman–Crippen LogP) is 4.76. The molecule has 2 aliphatic rings. The Hall–Kier alpha value is -3.47. The van der Waals surface area contributed by atoms with Crippen molar-refractivity contribution in [1.29, 1.82) is 0 Å². The number of benzene rings is 2. The molecule has 5 heteroatoms. The molecule has 0 unspecified atom stereocenters. The summed E-state index contributed by atoms with van der Waals surface area (Å²) in [6, 6.07) is 15.8. The summed E-state index contributed by atoms with van der Waals surface area (Å²) < 4.78 is 5.53. The Morgan fingerprint density at radius 3 is 2.66 bits per heavy atom. The zero-order valence-electron chi connectivity index (χ0n) is 18.6. The number of ether oxygens (including phenoxy) is 1. The highest BCUT2D eigenvalue weighted by molar-refractivity contribution is 6.06. The molecule has 2 aromatic carbocycles. The van der Waals surface area contributed by atoms with Gasteiger partial charge in [0.15, 0.2) is 12.4 Å². The van der Waals surface area contributed by atoms with Crippen LogP contribution in [0.2, 0.25) is 0 Å². The van der Waals surface area contributed by atoms with Gasteiger partial charge in [0.1, 0.15) is 0 Å². The van der Waals surface area contributed by atoms with Crippen molar-refractivity contribution < 1.29 is 14.3 Å². The van der Waals surface area contributed by atoms with E-state index in [0.29, 0.717) is 5.56 Å². The lowest BCUT2D eigenvalue weighted by atomic mass is 9.83. The van der Waals surface area contributed by atoms with Gasteiger partial charge >= 0.3 is 5.97 Å². The highest BCUT2D eigenvalue weighted by Crippen LogP contribution is 2.46. The van der Waals surface area contributed by atoms with E-state index in [1.54, 1.807) is 6.08 Å². The largest absolute Gasteiger partial charge is 0.454 e. The maximum absolute atomic E-state index is 13.1. The van der Waals surface area contributed by atoms with Crippen LogP contribution in [0.1, 0.15) is 47.4 Å².